The third-order valence-corrected chi connectivity index (χ3v) is 3.47. The molecule has 0 aliphatic heterocycles. The molecule has 0 aliphatic rings. The van der Waals surface area contributed by atoms with E-state index >= 15 is 0 Å². The summed E-state index contributed by atoms with van der Waals surface area (Å²) in [7, 11) is 0. The predicted octanol–water partition coefficient (Wildman–Crippen LogP) is 4.25. The molecular weight excluding hydrogens is 328 g/mol. The number of halogens is 1. The van der Waals surface area contributed by atoms with E-state index in [1.807, 2.05) is 38.1 Å². The van der Waals surface area contributed by atoms with Crippen molar-refractivity contribution in [3.05, 3.63) is 53.1 Å². The Bertz CT molecular complexity index is 674. The van der Waals surface area contributed by atoms with Crippen LogP contribution in [0.5, 0.6) is 11.5 Å². The van der Waals surface area contributed by atoms with Crippen LogP contribution >= 0.6 is 11.6 Å². The van der Waals surface area contributed by atoms with E-state index in [1.54, 1.807) is 18.2 Å². The second-order valence-corrected chi connectivity index (χ2v) is 5.53. The molecule has 0 atom stereocenters. The number of ether oxygens (including phenoxy) is 2. The van der Waals surface area contributed by atoms with Crippen LogP contribution in [-0.4, -0.2) is 25.8 Å². The molecule has 6 heteroatoms. The molecule has 0 aliphatic carbocycles. The van der Waals surface area contributed by atoms with E-state index in [0.29, 0.717) is 36.2 Å². The molecule has 0 unspecified atom stereocenters. The largest absolute Gasteiger partial charge is 0.494 e. The molecule has 0 radical (unpaired) electrons. The minimum Gasteiger partial charge on any atom is -0.494 e. The van der Waals surface area contributed by atoms with Gasteiger partial charge in [0.25, 0.3) is 0 Å². The first-order valence-electron chi connectivity index (χ1n) is 7.75. The predicted molar refractivity (Wildman–Crippen MR) is 96.3 cm³/mol. The molecule has 0 spiro atoms. The van der Waals surface area contributed by atoms with Crippen molar-refractivity contribution in [2.24, 2.45) is 0 Å². The second-order valence-electron chi connectivity index (χ2n) is 5.12. The number of hydrogen-bond donors (Lipinski definition) is 2. The molecule has 2 rings (SSSR count). The van der Waals surface area contributed by atoms with Gasteiger partial charge in [0, 0.05) is 5.69 Å². The number of nitrogens with one attached hydrogen (secondary N) is 2. The molecule has 2 amide bonds. The summed E-state index contributed by atoms with van der Waals surface area (Å²) < 4.78 is 10.9. The minimum atomic E-state index is -0.293. The van der Waals surface area contributed by atoms with Gasteiger partial charge in [-0.3, -0.25) is 0 Å². The molecule has 24 heavy (non-hydrogen) atoms. The molecule has 0 aromatic heterocycles. The van der Waals surface area contributed by atoms with Crippen molar-refractivity contribution in [2.45, 2.75) is 13.8 Å². The van der Waals surface area contributed by atoms with Crippen molar-refractivity contribution in [1.29, 1.82) is 0 Å². The van der Waals surface area contributed by atoms with E-state index in [1.165, 1.54) is 0 Å². The van der Waals surface area contributed by atoms with Gasteiger partial charge in [-0.1, -0.05) is 17.7 Å². The average molecular weight is 349 g/mol. The van der Waals surface area contributed by atoms with Crippen LogP contribution in [0.25, 0.3) is 0 Å². The van der Waals surface area contributed by atoms with E-state index in [4.69, 9.17) is 21.1 Å². The Morgan fingerprint density at radius 3 is 2.58 bits per heavy atom. The molecule has 0 bridgehead atoms. The van der Waals surface area contributed by atoms with Gasteiger partial charge in [-0.15, -0.1) is 0 Å². The molecular formula is C18H21ClN2O3. The van der Waals surface area contributed by atoms with Crippen LogP contribution < -0.4 is 20.1 Å². The maximum absolute atomic E-state index is 11.8. The first-order chi connectivity index (χ1) is 11.6. The number of carbonyl (C=O) groups is 1. The number of rotatable bonds is 7. The van der Waals surface area contributed by atoms with Gasteiger partial charge < -0.3 is 20.1 Å². The van der Waals surface area contributed by atoms with Crippen LogP contribution in [0.1, 0.15) is 12.5 Å². The number of anilines is 1. The fourth-order valence-electron chi connectivity index (χ4n) is 2.02. The van der Waals surface area contributed by atoms with Crippen molar-refractivity contribution in [3.8, 4) is 11.5 Å². The highest BCUT2D eigenvalue weighted by Gasteiger charge is 2.04. The summed E-state index contributed by atoms with van der Waals surface area (Å²) in [6.07, 6.45) is 0. The van der Waals surface area contributed by atoms with Crippen molar-refractivity contribution < 1.29 is 14.3 Å². The van der Waals surface area contributed by atoms with Crippen LogP contribution in [0.15, 0.2) is 42.5 Å². The lowest BCUT2D eigenvalue weighted by Crippen LogP contribution is -2.32. The van der Waals surface area contributed by atoms with Crippen LogP contribution in [0.4, 0.5) is 10.5 Å². The van der Waals surface area contributed by atoms with E-state index in [-0.39, 0.29) is 6.03 Å². The summed E-state index contributed by atoms with van der Waals surface area (Å²) in [5.41, 5.74) is 1.76. The SMILES string of the molecule is CCOc1ccc(NC(=O)NCCOc2cc(C)ccc2Cl)cc1. The minimum absolute atomic E-state index is 0.293. The molecule has 5 nitrogen and oxygen atoms in total. The van der Waals surface area contributed by atoms with Gasteiger partial charge in [-0.2, -0.15) is 0 Å². The topological polar surface area (TPSA) is 59.6 Å². The van der Waals surface area contributed by atoms with Gasteiger partial charge in [-0.05, 0) is 55.8 Å². The van der Waals surface area contributed by atoms with E-state index in [0.717, 1.165) is 11.3 Å². The zero-order valence-corrected chi connectivity index (χ0v) is 14.5. The molecule has 0 fully saturated rings. The summed E-state index contributed by atoms with van der Waals surface area (Å²) in [5.74, 6) is 1.39. The Morgan fingerprint density at radius 2 is 1.88 bits per heavy atom. The number of benzene rings is 2. The van der Waals surface area contributed by atoms with Gasteiger partial charge >= 0.3 is 6.03 Å². The maximum atomic E-state index is 11.8. The molecule has 0 saturated heterocycles. The van der Waals surface area contributed by atoms with Gasteiger partial charge in [0.1, 0.15) is 18.1 Å². The molecule has 2 aromatic rings. The second kappa shape index (κ2) is 9.03. The molecule has 2 N–H and O–H groups in total. The fourth-order valence-corrected chi connectivity index (χ4v) is 2.20. The lowest BCUT2D eigenvalue weighted by Gasteiger charge is -2.11. The Kier molecular flexibility index (Phi) is 6.75. The van der Waals surface area contributed by atoms with Crippen LogP contribution in [0.2, 0.25) is 5.02 Å². The summed E-state index contributed by atoms with van der Waals surface area (Å²) in [6, 6.07) is 12.5. The van der Waals surface area contributed by atoms with Gasteiger partial charge in [0.15, 0.2) is 0 Å². The number of hydrogen-bond acceptors (Lipinski definition) is 3. The van der Waals surface area contributed by atoms with Gasteiger partial charge in [0.05, 0.1) is 18.2 Å². The average Bonchev–Trinajstić information content (AvgIpc) is 2.57. The Hall–Kier alpha value is -2.40. The standard InChI is InChI=1S/C18H21ClN2O3/c1-3-23-15-7-5-14(6-8-15)21-18(22)20-10-11-24-17-12-13(2)4-9-16(17)19/h4-9,12H,3,10-11H2,1-2H3,(H2,20,21,22). The van der Waals surface area contributed by atoms with Crippen LogP contribution in [0.3, 0.4) is 0 Å². The lowest BCUT2D eigenvalue weighted by molar-refractivity contribution is 0.247. The van der Waals surface area contributed by atoms with Crippen LogP contribution in [-0.2, 0) is 0 Å². The van der Waals surface area contributed by atoms with Gasteiger partial charge in [0.2, 0.25) is 0 Å². The third kappa shape index (κ3) is 5.66. The summed E-state index contributed by atoms with van der Waals surface area (Å²) >= 11 is 6.05. The third-order valence-electron chi connectivity index (χ3n) is 3.16. The van der Waals surface area contributed by atoms with E-state index in [9.17, 15) is 4.79 Å². The normalized spacial score (nSPS) is 10.1. The zero-order valence-electron chi connectivity index (χ0n) is 13.8. The Morgan fingerprint density at radius 1 is 1.12 bits per heavy atom. The van der Waals surface area contributed by atoms with E-state index < -0.39 is 0 Å². The number of urea groups is 1. The zero-order chi connectivity index (χ0) is 17.4. The highest BCUT2D eigenvalue weighted by atomic mass is 35.5. The van der Waals surface area contributed by atoms with Crippen molar-refractivity contribution >= 4 is 23.3 Å². The fraction of sp³-hybridized carbons (Fsp3) is 0.278. The van der Waals surface area contributed by atoms with Crippen molar-refractivity contribution in [3.63, 3.8) is 0 Å². The molecule has 128 valence electrons. The van der Waals surface area contributed by atoms with Crippen molar-refractivity contribution in [1.82, 2.24) is 5.32 Å². The number of carbonyl (C=O) groups excluding carboxylic acids is 1. The van der Waals surface area contributed by atoms with Gasteiger partial charge in [-0.25, -0.2) is 4.79 Å². The molecule has 2 aromatic carbocycles. The summed E-state index contributed by atoms with van der Waals surface area (Å²) in [5, 5.41) is 6.02. The molecule has 0 heterocycles. The highest BCUT2D eigenvalue weighted by Crippen LogP contribution is 2.24. The number of amides is 2. The highest BCUT2D eigenvalue weighted by molar-refractivity contribution is 6.32. The van der Waals surface area contributed by atoms with Crippen molar-refractivity contribution in [2.75, 3.05) is 25.1 Å². The Balaban J connectivity index is 1.72. The Labute approximate surface area is 146 Å². The number of aryl methyl sites for hydroxylation is 1. The smallest absolute Gasteiger partial charge is 0.319 e. The quantitative estimate of drug-likeness (QED) is 0.735. The van der Waals surface area contributed by atoms with Crippen LogP contribution in [0, 0.1) is 6.92 Å². The maximum Gasteiger partial charge on any atom is 0.319 e. The monoisotopic (exact) mass is 348 g/mol. The first kappa shape index (κ1) is 17.9. The molecule has 0 saturated carbocycles. The van der Waals surface area contributed by atoms with E-state index in [2.05, 4.69) is 10.6 Å². The lowest BCUT2D eigenvalue weighted by atomic mass is 10.2. The summed E-state index contributed by atoms with van der Waals surface area (Å²) in [4.78, 5) is 11.8. The first-order valence-corrected chi connectivity index (χ1v) is 8.13. The summed E-state index contributed by atoms with van der Waals surface area (Å²) in [6.45, 7) is 5.20.